The van der Waals surface area contributed by atoms with E-state index >= 15 is 0 Å². The van der Waals surface area contributed by atoms with Gasteiger partial charge in [-0.25, -0.2) is 9.97 Å². The quantitative estimate of drug-likeness (QED) is 0.614. The topological polar surface area (TPSA) is 94.2 Å². The van der Waals surface area contributed by atoms with Gasteiger partial charge in [-0.2, -0.15) is 0 Å². The zero-order valence-electron chi connectivity index (χ0n) is 16.2. The molecule has 1 aliphatic rings. The lowest BCUT2D eigenvalue weighted by Crippen LogP contribution is -2.47. The van der Waals surface area contributed by atoms with Crippen molar-refractivity contribution in [1.29, 1.82) is 0 Å². The molecule has 3 aromatic rings. The van der Waals surface area contributed by atoms with Crippen molar-refractivity contribution < 1.29 is 4.79 Å². The predicted molar refractivity (Wildman–Crippen MR) is 112 cm³/mol. The maximum absolute atomic E-state index is 12.4. The molecule has 1 saturated heterocycles. The lowest BCUT2D eigenvalue weighted by Gasteiger charge is -2.34. The van der Waals surface area contributed by atoms with Crippen LogP contribution in [0.5, 0.6) is 0 Å². The molecule has 0 aliphatic carbocycles. The van der Waals surface area contributed by atoms with E-state index in [9.17, 15) is 9.59 Å². The Morgan fingerprint density at radius 3 is 2.62 bits per heavy atom. The van der Waals surface area contributed by atoms with Gasteiger partial charge in [0.05, 0.1) is 0 Å². The van der Waals surface area contributed by atoms with Gasteiger partial charge in [0.2, 0.25) is 5.95 Å². The van der Waals surface area contributed by atoms with Gasteiger partial charge in [0.25, 0.3) is 11.5 Å². The first kappa shape index (κ1) is 19.1. The van der Waals surface area contributed by atoms with Crippen LogP contribution in [0.3, 0.4) is 0 Å². The lowest BCUT2D eigenvalue weighted by molar-refractivity contribution is 0.0950. The molecule has 0 atom stereocenters. The van der Waals surface area contributed by atoms with Crippen LogP contribution in [0.2, 0.25) is 0 Å². The number of pyridine rings is 1. The minimum atomic E-state index is -0.361. The van der Waals surface area contributed by atoms with E-state index in [2.05, 4.69) is 30.1 Å². The van der Waals surface area contributed by atoms with E-state index in [0.29, 0.717) is 6.54 Å². The van der Waals surface area contributed by atoms with Gasteiger partial charge in [0.15, 0.2) is 0 Å². The summed E-state index contributed by atoms with van der Waals surface area (Å²) in [5.41, 5.74) is 0.523. The van der Waals surface area contributed by atoms with E-state index in [-0.39, 0.29) is 17.0 Å². The number of H-pyrrole nitrogens is 1. The second-order valence-electron chi connectivity index (χ2n) is 7.09. The predicted octanol–water partition coefficient (Wildman–Crippen LogP) is 1.26. The van der Waals surface area contributed by atoms with E-state index in [0.717, 1.165) is 56.0 Å². The molecule has 0 unspecified atom stereocenters. The summed E-state index contributed by atoms with van der Waals surface area (Å²) >= 11 is 0. The van der Waals surface area contributed by atoms with Crippen molar-refractivity contribution >= 4 is 22.8 Å². The van der Waals surface area contributed by atoms with Crippen molar-refractivity contribution in [2.75, 3.05) is 44.2 Å². The summed E-state index contributed by atoms with van der Waals surface area (Å²) < 4.78 is 0. The van der Waals surface area contributed by atoms with Crippen LogP contribution in [0.15, 0.2) is 53.6 Å². The minimum Gasteiger partial charge on any atom is -0.352 e. The summed E-state index contributed by atoms with van der Waals surface area (Å²) in [6.45, 7) is 5.10. The molecule has 0 saturated carbocycles. The Kier molecular flexibility index (Phi) is 5.81. The molecule has 8 nitrogen and oxygen atoms in total. The number of anilines is 1. The summed E-state index contributed by atoms with van der Waals surface area (Å²) in [7, 11) is 0. The highest BCUT2D eigenvalue weighted by atomic mass is 16.2. The standard InChI is InChI=1S/C21H24N6O2/c28-19(17-15-16-5-1-2-6-18(16)25-20(17)29)22-9-4-10-26-11-13-27(14-12-26)21-23-7-3-8-24-21/h1-3,5-8,15H,4,9-14H2,(H,22,28)(H,25,29). The maximum atomic E-state index is 12.4. The fourth-order valence-corrected chi connectivity index (χ4v) is 3.54. The molecule has 3 heterocycles. The van der Waals surface area contributed by atoms with Crippen molar-refractivity contribution in [3.63, 3.8) is 0 Å². The first-order chi connectivity index (χ1) is 14.2. The minimum absolute atomic E-state index is 0.153. The third-order valence-electron chi connectivity index (χ3n) is 5.14. The third kappa shape index (κ3) is 4.60. The number of carbonyl (C=O) groups excluding carboxylic acids is 1. The molecule has 1 aliphatic heterocycles. The summed E-state index contributed by atoms with van der Waals surface area (Å²) in [6, 6.07) is 10.9. The first-order valence-corrected chi connectivity index (χ1v) is 9.85. The SMILES string of the molecule is O=C(NCCCN1CCN(c2ncccn2)CC1)c1cc2ccccc2[nH]c1=O. The average Bonchev–Trinajstić information content (AvgIpc) is 2.77. The van der Waals surface area contributed by atoms with Crippen LogP contribution < -0.4 is 15.8 Å². The van der Waals surface area contributed by atoms with Crippen LogP contribution >= 0.6 is 0 Å². The molecular weight excluding hydrogens is 368 g/mol. The number of carbonyl (C=O) groups is 1. The summed E-state index contributed by atoms with van der Waals surface area (Å²) in [6.07, 6.45) is 4.36. The molecule has 0 radical (unpaired) electrons. The van der Waals surface area contributed by atoms with Crippen LogP contribution in [0.4, 0.5) is 5.95 Å². The molecule has 2 aromatic heterocycles. The molecule has 1 amide bonds. The first-order valence-electron chi connectivity index (χ1n) is 9.85. The third-order valence-corrected chi connectivity index (χ3v) is 5.14. The summed E-state index contributed by atoms with van der Waals surface area (Å²) in [5.74, 6) is 0.447. The van der Waals surface area contributed by atoms with Crippen molar-refractivity contribution in [2.24, 2.45) is 0 Å². The molecule has 4 rings (SSSR count). The Hall–Kier alpha value is -3.26. The van der Waals surface area contributed by atoms with Crippen molar-refractivity contribution in [3.8, 4) is 0 Å². The maximum Gasteiger partial charge on any atom is 0.261 e. The van der Waals surface area contributed by atoms with E-state index < -0.39 is 0 Å². The van der Waals surface area contributed by atoms with Crippen LogP contribution in [0.1, 0.15) is 16.8 Å². The number of nitrogens with one attached hydrogen (secondary N) is 2. The Labute approximate surface area is 168 Å². The zero-order valence-corrected chi connectivity index (χ0v) is 16.2. The number of aromatic nitrogens is 3. The zero-order chi connectivity index (χ0) is 20.1. The number of rotatable bonds is 6. The lowest BCUT2D eigenvalue weighted by atomic mass is 10.1. The highest BCUT2D eigenvalue weighted by Gasteiger charge is 2.18. The highest BCUT2D eigenvalue weighted by Crippen LogP contribution is 2.11. The fourth-order valence-electron chi connectivity index (χ4n) is 3.54. The van der Waals surface area contributed by atoms with Crippen LogP contribution in [-0.4, -0.2) is 65.0 Å². The largest absolute Gasteiger partial charge is 0.352 e. The van der Waals surface area contributed by atoms with Crippen molar-refractivity contribution in [3.05, 3.63) is 64.7 Å². The van der Waals surface area contributed by atoms with Gasteiger partial charge in [-0.3, -0.25) is 14.5 Å². The number of fused-ring (bicyclic) bond motifs is 1. The molecule has 29 heavy (non-hydrogen) atoms. The fraction of sp³-hybridized carbons (Fsp3) is 0.333. The number of nitrogens with zero attached hydrogens (tertiary/aromatic N) is 4. The number of amides is 1. The normalized spacial score (nSPS) is 14.8. The Morgan fingerprint density at radius 1 is 1.07 bits per heavy atom. The van der Waals surface area contributed by atoms with Gasteiger partial charge >= 0.3 is 0 Å². The smallest absolute Gasteiger partial charge is 0.261 e. The van der Waals surface area contributed by atoms with Crippen LogP contribution in [-0.2, 0) is 0 Å². The van der Waals surface area contributed by atoms with E-state index in [1.54, 1.807) is 18.5 Å². The van der Waals surface area contributed by atoms with Crippen LogP contribution in [0.25, 0.3) is 10.9 Å². The molecule has 2 N–H and O–H groups in total. The van der Waals surface area contributed by atoms with Gasteiger partial charge in [-0.15, -0.1) is 0 Å². The molecule has 1 aromatic carbocycles. The van der Waals surface area contributed by atoms with Gasteiger partial charge < -0.3 is 15.2 Å². The second-order valence-corrected chi connectivity index (χ2v) is 7.09. The van der Waals surface area contributed by atoms with Gasteiger partial charge in [0.1, 0.15) is 5.56 Å². The van der Waals surface area contributed by atoms with Gasteiger partial charge in [-0.1, -0.05) is 18.2 Å². The Morgan fingerprint density at radius 2 is 1.83 bits per heavy atom. The number of benzene rings is 1. The van der Waals surface area contributed by atoms with Crippen molar-refractivity contribution in [1.82, 2.24) is 25.2 Å². The monoisotopic (exact) mass is 392 g/mol. The number of para-hydroxylation sites is 1. The summed E-state index contributed by atoms with van der Waals surface area (Å²) in [4.78, 5) is 40.5. The van der Waals surface area contributed by atoms with E-state index in [1.165, 1.54) is 0 Å². The Balaban J connectivity index is 1.23. The molecule has 0 spiro atoms. The number of hydrogen-bond acceptors (Lipinski definition) is 6. The number of aromatic amines is 1. The molecule has 1 fully saturated rings. The highest BCUT2D eigenvalue weighted by molar-refractivity contribution is 5.97. The van der Waals surface area contributed by atoms with E-state index in [1.807, 2.05) is 30.3 Å². The van der Waals surface area contributed by atoms with Crippen molar-refractivity contribution in [2.45, 2.75) is 6.42 Å². The van der Waals surface area contributed by atoms with Gasteiger partial charge in [-0.05, 0) is 36.6 Å². The Bertz CT molecular complexity index is 1030. The second kappa shape index (κ2) is 8.83. The number of hydrogen-bond donors (Lipinski definition) is 2. The molecule has 150 valence electrons. The average molecular weight is 392 g/mol. The molecule has 8 heteroatoms. The van der Waals surface area contributed by atoms with Crippen LogP contribution in [0, 0.1) is 0 Å². The molecular formula is C21H24N6O2. The number of piperazine rings is 1. The summed E-state index contributed by atoms with van der Waals surface area (Å²) in [5, 5.41) is 3.71. The van der Waals surface area contributed by atoms with Gasteiger partial charge in [0, 0.05) is 50.6 Å². The van der Waals surface area contributed by atoms with E-state index in [4.69, 9.17) is 0 Å². The molecule has 0 bridgehead atoms.